The number of carbonyl (C=O) groups is 10. The van der Waals surface area contributed by atoms with Gasteiger partial charge in [-0.2, -0.15) is 0 Å². The van der Waals surface area contributed by atoms with Gasteiger partial charge in [0.1, 0.15) is 57.3 Å². The van der Waals surface area contributed by atoms with E-state index in [0.717, 1.165) is 5.56 Å². The Morgan fingerprint density at radius 3 is 1.11 bits per heavy atom. The van der Waals surface area contributed by atoms with Crippen LogP contribution in [0.25, 0.3) is 0 Å². The average Bonchev–Trinajstić information content (AvgIpc) is 3.27. The summed E-state index contributed by atoms with van der Waals surface area (Å²) in [6.45, 7) is 38.0. The molecule has 83 heavy (non-hydrogen) atoms. The molecule has 476 valence electrons. The molecule has 1 aromatic rings. The molecule has 0 unspecified atom stereocenters. The summed E-state index contributed by atoms with van der Waals surface area (Å²) in [5, 5.41) is 19.3. The molecular formula is C60H103N5O18. The molecule has 0 saturated carbocycles. The normalized spacial score (nSPS) is 14.3. The average molecular weight is 1180 g/mol. The second kappa shape index (κ2) is 34.3. The minimum absolute atomic E-state index is 0.00948. The first-order valence-electron chi connectivity index (χ1n) is 28.0. The highest BCUT2D eigenvalue weighted by Gasteiger charge is 2.41. The predicted octanol–water partition coefficient (Wildman–Crippen LogP) is 8.96. The summed E-state index contributed by atoms with van der Waals surface area (Å²) in [4.78, 5) is 121. The van der Waals surface area contributed by atoms with Gasteiger partial charge in [-0.25, -0.2) is 19.2 Å². The molecule has 0 aliphatic heterocycles. The number of nitrogens with two attached hydrogens (primary N) is 1. The molecule has 4 amide bonds. The number of carboxylic acid groups (broad SMARTS) is 1. The molecule has 1 aromatic carbocycles. The Hall–Kier alpha value is -6.52. The number of carboxylic acids is 1. The zero-order chi connectivity index (χ0) is 65.2. The van der Waals surface area contributed by atoms with Crippen molar-refractivity contribution < 1.29 is 86.2 Å². The lowest BCUT2D eigenvalue weighted by molar-refractivity contribution is -0.165. The summed E-state index contributed by atoms with van der Waals surface area (Å²) in [6.07, 6.45) is 0.739. The maximum absolute atomic E-state index is 12.9. The molecule has 1 rings (SSSR count). The predicted molar refractivity (Wildman–Crippen MR) is 312 cm³/mol. The van der Waals surface area contributed by atoms with E-state index in [1.807, 2.05) is 30.3 Å². The first-order valence-corrected chi connectivity index (χ1v) is 28.0. The second-order valence-electron chi connectivity index (χ2n) is 26.7. The number of aliphatic carboxylic acids is 1. The number of nitrogens with one attached hydrogen (secondary N) is 4. The molecular weight excluding hydrogens is 1080 g/mol. The highest BCUT2D eigenvalue weighted by molar-refractivity contribution is 5.89. The number of ether oxygens (including phenoxy) is 7. The van der Waals surface area contributed by atoms with Crippen molar-refractivity contribution in [1.82, 2.24) is 21.3 Å². The fourth-order valence-electron chi connectivity index (χ4n) is 6.51. The third-order valence-electron chi connectivity index (χ3n) is 10.3. The lowest BCUT2D eigenvalue weighted by atomic mass is 9.95. The van der Waals surface area contributed by atoms with E-state index >= 15 is 0 Å². The molecule has 0 fully saturated rings. The minimum atomic E-state index is -1.47. The van der Waals surface area contributed by atoms with Crippen LogP contribution in [-0.4, -0.2) is 128 Å². The van der Waals surface area contributed by atoms with Crippen molar-refractivity contribution in [3.05, 3.63) is 35.9 Å². The number of carbonyl (C=O) groups excluding carboxylic acids is 9. The number of benzene rings is 1. The standard InChI is InChI=1S/C27H42N2O7.C20H36N2O7.C13H25NO4/c1-19(14-15-21(30)34-18-20-12-10-9-11-13-20)28-24(33)29-27(8,23(32)36-26(5,6)7)17-16-22(31)35-25(2,3)4;1-13(9-10-14(23)24)21-17(27)22-20(8,16(26)29-19(5,6)7)12-11-15(25)28-18(2,3)4;1-12(2,3)17-10(15)8-7-9(14)11(16)18-13(4,5)6/h9-13,19H,14-18H2,1-8H3,(H2,28,29,33);13H,9-12H2,1-8H3,(H,23,24)(H2,21,22,27);9H,7-8,14H2,1-6H3/t19-,27+;13-,20+;9-/m110/s1. The van der Waals surface area contributed by atoms with Crippen LogP contribution in [0.5, 0.6) is 0 Å². The van der Waals surface area contributed by atoms with Crippen molar-refractivity contribution >= 4 is 59.8 Å². The van der Waals surface area contributed by atoms with Crippen LogP contribution in [0.3, 0.4) is 0 Å². The van der Waals surface area contributed by atoms with Crippen molar-refractivity contribution in [3.8, 4) is 0 Å². The maximum Gasteiger partial charge on any atom is 0.332 e. The number of rotatable bonds is 24. The molecule has 0 aromatic heterocycles. The number of hydrogen-bond donors (Lipinski definition) is 6. The molecule has 23 nitrogen and oxygen atoms in total. The van der Waals surface area contributed by atoms with Gasteiger partial charge < -0.3 is 65.3 Å². The molecule has 0 radical (unpaired) electrons. The summed E-state index contributed by atoms with van der Waals surface area (Å²) in [6, 6.07) is 6.50. The molecule has 0 heterocycles. The van der Waals surface area contributed by atoms with E-state index in [0.29, 0.717) is 6.42 Å². The molecule has 0 saturated heterocycles. The molecule has 0 aliphatic rings. The van der Waals surface area contributed by atoms with Gasteiger partial charge in [-0.1, -0.05) is 30.3 Å². The van der Waals surface area contributed by atoms with Crippen LogP contribution in [0.4, 0.5) is 9.59 Å². The largest absolute Gasteiger partial charge is 0.481 e. The lowest BCUT2D eigenvalue weighted by Gasteiger charge is -2.32. The smallest absolute Gasteiger partial charge is 0.332 e. The topological polar surface area (TPSA) is 330 Å². The van der Waals surface area contributed by atoms with Crippen LogP contribution in [0.2, 0.25) is 0 Å². The Labute approximate surface area is 493 Å². The van der Waals surface area contributed by atoms with E-state index in [-0.39, 0.29) is 82.4 Å². The molecule has 0 aliphatic carbocycles. The van der Waals surface area contributed by atoms with Gasteiger partial charge >= 0.3 is 59.8 Å². The first-order chi connectivity index (χ1) is 37.3. The van der Waals surface area contributed by atoms with Gasteiger partial charge in [0, 0.05) is 44.2 Å². The maximum atomic E-state index is 12.9. The SMILES string of the molecule is CC(C)(C)OC(=O)CC[C@H](N)C(=O)OC(C)(C)C.C[C@H](CCC(=O)O)NC(=O)N[C@@](C)(CCC(=O)OC(C)(C)C)C(=O)OC(C)(C)C.C[C@H](CCC(=O)OCc1ccccc1)NC(=O)N[C@@](C)(CCC(=O)OC(C)(C)C)C(=O)OC(C)(C)C. The van der Waals surface area contributed by atoms with Crippen LogP contribution in [0.15, 0.2) is 30.3 Å². The summed E-state index contributed by atoms with van der Waals surface area (Å²) in [7, 11) is 0. The van der Waals surface area contributed by atoms with E-state index in [2.05, 4.69) is 21.3 Å². The second-order valence-corrected chi connectivity index (χ2v) is 26.7. The highest BCUT2D eigenvalue weighted by atomic mass is 16.6. The quantitative estimate of drug-likeness (QED) is 0.0415. The Morgan fingerprint density at radius 1 is 0.446 bits per heavy atom. The Kier molecular flexibility index (Phi) is 32.5. The summed E-state index contributed by atoms with van der Waals surface area (Å²) in [5.74, 6) is -4.51. The Bertz CT molecular complexity index is 2270. The van der Waals surface area contributed by atoms with E-state index < -0.39 is 105 Å². The van der Waals surface area contributed by atoms with E-state index in [1.54, 1.807) is 138 Å². The highest BCUT2D eigenvalue weighted by Crippen LogP contribution is 2.23. The zero-order valence-corrected chi connectivity index (χ0v) is 53.9. The van der Waals surface area contributed by atoms with Crippen LogP contribution in [0.1, 0.15) is 222 Å². The third-order valence-corrected chi connectivity index (χ3v) is 10.3. The minimum Gasteiger partial charge on any atom is -0.481 e. The zero-order valence-electron chi connectivity index (χ0n) is 53.9. The number of amides is 4. The van der Waals surface area contributed by atoms with Crippen LogP contribution in [-0.2, 0) is 78.1 Å². The van der Waals surface area contributed by atoms with Gasteiger partial charge in [0.05, 0.1) is 0 Å². The Balaban J connectivity index is 0. The Morgan fingerprint density at radius 2 is 0.771 bits per heavy atom. The van der Waals surface area contributed by atoms with Crippen molar-refractivity contribution in [1.29, 1.82) is 0 Å². The van der Waals surface area contributed by atoms with Gasteiger partial charge in [-0.3, -0.25) is 28.8 Å². The molecule has 5 atom stereocenters. The first kappa shape index (κ1) is 78.5. The molecule has 7 N–H and O–H groups in total. The number of hydrogen-bond acceptors (Lipinski definition) is 18. The molecule has 0 spiro atoms. The van der Waals surface area contributed by atoms with Gasteiger partial charge in [-0.15, -0.1) is 0 Å². The van der Waals surface area contributed by atoms with Crippen molar-refractivity contribution in [3.63, 3.8) is 0 Å². The summed E-state index contributed by atoms with van der Waals surface area (Å²) in [5.41, 5.74) is -0.374. The van der Waals surface area contributed by atoms with E-state index in [9.17, 15) is 47.9 Å². The van der Waals surface area contributed by atoms with Crippen molar-refractivity contribution in [2.24, 2.45) is 5.73 Å². The third kappa shape index (κ3) is 42.9. The monoisotopic (exact) mass is 1180 g/mol. The molecule has 23 heteroatoms. The van der Waals surface area contributed by atoms with E-state index in [1.165, 1.54) is 13.8 Å². The lowest BCUT2D eigenvalue weighted by Crippen LogP contribution is -2.58. The van der Waals surface area contributed by atoms with Crippen molar-refractivity contribution in [2.75, 3.05) is 0 Å². The number of urea groups is 2. The van der Waals surface area contributed by atoms with Gasteiger partial charge in [-0.05, 0) is 190 Å². The summed E-state index contributed by atoms with van der Waals surface area (Å²) < 4.78 is 37.0. The van der Waals surface area contributed by atoms with Crippen LogP contribution >= 0.6 is 0 Å². The van der Waals surface area contributed by atoms with Crippen LogP contribution < -0.4 is 27.0 Å². The van der Waals surface area contributed by atoms with Gasteiger partial charge in [0.2, 0.25) is 0 Å². The molecule has 0 bridgehead atoms. The fraction of sp³-hybridized carbons (Fsp3) is 0.733. The summed E-state index contributed by atoms with van der Waals surface area (Å²) >= 11 is 0. The van der Waals surface area contributed by atoms with Crippen LogP contribution in [0, 0.1) is 0 Å². The van der Waals surface area contributed by atoms with E-state index in [4.69, 9.17) is 44.0 Å². The van der Waals surface area contributed by atoms with Crippen molar-refractivity contribution in [2.45, 2.75) is 286 Å². The fourth-order valence-corrected chi connectivity index (χ4v) is 6.51. The van der Waals surface area contributed by atoms with Gasteiger partial charge in [0.15, 0.2) is 0 Å². The number of esters is 7. The van der Waals surface area contributed by atoms with Gasteiger partial charge in [0.25, 0.3) is 0 Å².